The second kappa shape index (κ2) is 5.53. The van der Waals surface area contributed by atoms with Crippen LogP contribution in [0.4, 0.5) is 4.79 Å². The van der Waals surface area contributed by atoms with Gasteiger partial charge in [0.15, 0.2) is 0 Å². The van der Waals surface area contributed by atoms with Crippen LogP contribution in [0.3, 0.4) is 0 Å². The topological polar surface area (TPSA) is 161 Å². The third-order valence-corrected chi connectivity index (χ3v) is 5.60. The fraction of sp³-hybridized carbons (Fsp3) is 0.0769. The van der Waals surface area contributed by atoms with Crippen molar-refractivity contribution in [1.82, 2.24) is 0 Å². The van der Waals surface area contributed by atoms with Gasteiger partial charge in [-0.1, -0.05) is 18.2 Å². The van der Waals surface area contributed by atoms with Crippen molar-refractivity contribution in [3.8, 4) is 0 Å². The van der Waals surface area contributed by atoms with Gasteiger partial charge in [-0.25, -0.2) is 9.59 Å². The predicted octanol–water partition coefficient (Wildman–Crippen LogP) is -0.0843. The summed E-state index contributed by atoms with van der Waals surface area (Å²) in [6, 6.07) is 5.86. The largest absolute Gasteiger partial charge is 0.478 e. The fourth-order valence-corrected chi connectivity index (χ4v) is 4.63. The van der Waals surface area contributed by atoms with Gasteiger partial charge in [0.05, 0.1) is 11.1 Å². The van der Waals surface area contributed by atoms with E-state index in [1.807, 2.05) is 0 Å². The highest BCUT2D eigenvalue weighted by Gasteiger charge is 2.44. The number of hydrogen-bond donors (Lipinski definition) is 5. The number of carboxylic acids is 2. The molecule has 0 aliphatic carbocycles. The van der Waals surface area contributed by atoms with Crippen molar-refractivity contribution in [2.45, 2.75) is 10.1 Å². The molecule has 6 N–H and O–H groups in total. The van der Waals surface area contributed by atoms with Crippen LogP contribution in [-0.2, 0) is 14.4 Å². The summed E-state index contributed by atoms with van der Waals surface area (Å²) in [6.45, 7) is 0. The summed E-state index contributed by atoms with van der Waals surface area (Å²) >= 11 is 0. The smallest absolute Gasteiger partial charge is 0.336 e. The number of carbonyl (C=O) groups is 4. The van der Waals surface area contributed by atoms with Crippen molar-refractivity contribution in [3.05, 3.63) is 35.4 Å². The average Bonchev–Trinajstić information content (AvgIpc) is 2.43. The summed E-state index contributed by atoms with van der Waals surface area (Å²) in [7, 11) is -2.11. The van der Waals surface area contributed by atoms with Crippen molar-refractivity contribution >= 4 is 39.6 Å². The van der Waals surface area contributed by atoms with Gasteiger partial charge >= 0.3 is 11.9 Å². The Morgan fingerprint density at radius 1 is 1.00 bits per heavy atom. The van der Waals surface area contributed by atoms with E-state index in [0.717, 1.165) is 0 Å². The van der Waals surface area contributed by atoms with Crippen molar-refractivity contribution in [2.24, 2.45) is 11.5 Å². The Bertz CT molecular complexity index is 742. The van der Waals surface area contributed by atoms with Gasteiger partial charge in [0.25, 0.3) is 5.24 Å². The Morgan fingerprint density at radius 2 is 1.59 bits per heavy atom. The highest BCUT2D eigenvalue weighted by atomic mass is 32.2. The lowest BCUT2D eigenvalue weighted by atomic mass is 9.96. The summed E-state index contributed by atoms with van der Waals surface area (Å²) in [6.07, 6.45) is 0. The van der Waals surface area contributed by atoms with E-state index in [-0.39, 0.29) is 10.5 Å². The number of fused-ring (bicyclic) bond motifs is 1. The minimum absolute atomic E-state index is 0.0646. The Morgan fingerprint density at radius 3 is 2.05 bits per heavy atom. The second-order valence-electron chi connectivity index (χ2n) is 4.43. The molecule has 1 aromatic carbocycles. The molecule has 8 nitrogen and oxygen atoms in total. The first-order chi connectivity index (χ1) is 10.3. The van der Waals surface area contributed by atoms with E-state index in [9.17, 15) is 29.4 Å². The van der Waals surface area contributed by atoms with E-state index in [1.165, 1.54) is 18.2 Å². The zero-order valence-electron chi connectivity index (χ0n) is 11.0. The van der Waals surface area contributed by atoms with Crippen LogP contribution in [0.25, 0.3) is 5.57 Å². The summed E-state index contributed by atoms with van der Waals surface area (Å²) in [5, 5.41) is 16.2. The summed E-state index contributed by atoms with van der Waals surface area (Å²) in [5.74, 6) is -4.24. The molecular weight excluding hydrogens is 312 g/mol. The zero-order chi connectivity index (χ0) is 16.6. The number of carboxylic acid groups (broad SMARTS) is 2. The number of primary amides is 2. The number of amides is 2. The Kier molecular flexibility index (Phi) is 3.91. The molecule has 0 spiro atoms. The molecule has 22 heavy (non-hydrogen) atoms. The van der Waals surface area contributed by atoms with Crippen LogP contribution >= 0.6 is 10.9 Å². The van der Waals surface area contributed by atoms with Gasteiger partial charge in [-0.3, -0.25) is 9.59 Å². The van der Waals surface area contributed by atoms with Crippen LogP contribution in [-0.4, -0.2) is 38.5 Å². The predicted molar refractivity (Wildman–Crippen MR) is 78.5 cm³/mol. The number of aliphatic carboxylic acids is 2. The maximum Gasteiger partial charge on any atom is 0.336 e. The SMILES string of the molecule is NC(=O)C1C(C(=O)O)=C(C(=O)O)c2ccccc2[SH]1C(N)=O. The highest BCUT2D eigenvalue weighted by molar-refractivity contribution is 8.31. The molecule has 116 valence electrons. The van der Waals surface area contributed by atoms with Crippen LogP contribution in [0.15, 0.2) is 34.7 Å². The Balaban J connectivity index is 2.93. The minimum Gasteiger partial charge on any atom is -0.478 e. The minimum atomic E-state index is -2.11. The van der Waals surface area contributed by atoms with Gasteiger partial charge in [-0.05, 0) is 6.07 Å². The van der Waals surface area contributed by atoms with E-state index in [4.69, 9.17) is 11.5 Å². The summed E-state index contributed by atoms with van der Waals surface area (Å²) < 4.78 is 0. The number of benzene rings is 1. The van der Waals surface area contributed by atoms with E-state index in [0.29, 0.717) is 0 Å². The molecule has 2 unspecified atom stereocenters. The molecule has 1 aliphatic rings. The zero-order valence-corrected chi connectivity index (χ0v) is 11.9. The fourth-order valence-electron chi connectivity index (χ4n) is 2.41. The van der Waals surface area contributed by atoms with Gasteiger partial charge in [0, 0.05) is 10.5 Å². The van der Waals surface area contributed by atoms with Gasteiger partial charge in [0.2, 0.25) is 5.91 Å². The quantitative estimate of drug-likeness (QED) is 0.488. The molecule has 9 heteroatoms. The number of carbonyl (C=O) groups excluding carboxylic acids is 2. The molecular formula is C13H12N2O6S. The van der Waals surface area contributed by atoms with Gasteiger partial charge in [-0.2, -0.15) is 0 Å². The molecule has 0 aromatic heterocycles. The third-order valence-electron chi connectivity index (χ3n) is 3.19. The second-order valence-corrected chi connectivity index (χ2v) is 6.61. The third kappa shape index (κ3) is 2.31. The summed E-state index contributed by atoms with van der Waals surface area (Å²) in [5.41, 5.74) is 9.35. The standard InChI is InChI=1S/C13H12N2O6S/c14-10(16)9-8(12(19)20)7(11(17)18)5-3-1-2-4-6(5)22(9)13(15)21/h1-4,9,22H,(H2,14,16)(H2,15,21)(H,17,18)(H,19,20). The molecule has 2 atom stereocenters. The van der Waals surface area contributed by atoms with Gasteiger partial charge < -0.3 is 21.7 Å². The first-order valence-electron chi connectivity index (χ1n) is 5.95. The Hall–Kier alpha value is -2.81. The van der Waals surface area contributed by atoms with E-state index < -0.39 is 50.4 Å². The van der Waals surface area contributed by atoms with Crippen molar-refractivity contribution in [3.63, 3.8) is 0 Å². The molecule has 0 saturated carbocycles. The molecule has 0 saturated heterocycles. The van der Waals surface area contributed by atoms with Gasteiger partial charge in [-0.15, -0.1) is 10.9 Å². The molecule has 0 fully saturated rings. The maximum atomic E-state index is 11.8. The molecule has 1 heterocycles. The van der Waals surface area contributed by atoms with Crippen LogP contribution in [0.1, 0.15) is 5.56 Å². The molecule has 2 rings (SSSR count). The number of nitrogens with two attached hydrogens (primary N) is 2. The van der Waals surface area contributed by atoms with E-state index in [2.05, 4.69) is 0 Å². The average molecular weight is 324 g/mol. The monoisotopic (exact) mass is 324 g/mol. The first kappa shape index (κ1) is 15.6. The summed E-state index contributed by atoms with van der Waals surface area (Å²) in [4.78, 5) is 46.7. The van der Waals surface area contributed by atoms with Crippen LogP contribution in [0.5, 0.6) is 0 Å². The normalized spacial score (nSPS) is 21.8. The van der Waals surface area contributed by atoms with Crippen LogP contribution in [0.2, 0.25) is 0 Å². The Labute approximate surface area is 126 Å². The van der Waals surface area contributed by atoms with Gasteiger partial charge in [0.1, 0.15) is 5.25 Å². The van der Waals surface area contributed by atoms with Crippen LogP contribution in [0, 0.1) is 0 Å². The maximum absolute atomic E-state index is 11.8. The highest BCUT2D eigenvalue weighted by Crippen LogP contribution is 2.52. The first-order valence-corrected chi connectivity index (χ1v) is 7.36. The van der Waals surface area contributed by atoms with Crippen molar-refractivity contribution in [2.75, 3.05) is 0 Å². The number of hydrogen-bond acceptors (Lipinski definition) is 4. The van der Waals surface area contributed by atoms with Crippen molar-refractivity contribution < 1.29 is 29.4 Å². The van der Waals surface area contributed by atoms with E-state index >= 15 is 0 Å². The number of rotatable bonds is 3. The molecule has 2 amide bonds. The van der Waals surface area contributed by atoms with Crippen molar-refractivity contribution in [1.29, 1.82) is 0 Å². The lowest BCUT2D eigenvalue weighted by Crippen LogP contribution is -2.39. The molecule has 1 aliphatic heterocycles. The lowest BCUT2D eigenvalue weighted by molar-refractivity contribution is -0.135. The van der Waals surface area contributed by atoms with E-state index in [1.54, 1.807) is 6.07 Å². The number of thiol groups is 1. The molecule has 0 radical (unpaired) electrons. The van der Waals surface area contributed by atoms with Crippen LogP contribution < -0.4 is 11.5 Å². The lowest BCUT2D eigenvalue weighted by Gasteiger charge is -2.33. The molecule has 1 aromatic rings. The molecule has 0 bridgehead atoms.